The number of nitrogens with zero attached hydrogens (tertiary/aromatic N) is 1. The third-order valence-corrected chi connectivity index (χ3v) is 2.24. The Kier molecular flexibility index (Phi) is 2.86. The fourth-order valence-corrected chi connectivity index (χ4v) is 1.49. The van der Waals surface area contributed by atoms with Gasteiger partial charge < -0.3 is 4.98 Å². The lowest BCUT2D eigenvalue weighted by molar-refractivity contribution is 0.111. The van der Waals surface area contributed by atoms with Crippen LogP contribution in [0.5, 0.6) is 0 Å². The van der Waals surface area contributed by atoms with Crippen LogP contribution in [-0.4, -0.2) is 11.3 Å². The average Bonchev–Trinajstić information content (AvgIpc) is 2.39. The second-order valence-electron chi connectivity index (χ2n) is 3.04. The minimum Gasteiger partial charge on any atom is -0.356 e. The number of aldehydes is 1. The Hall–Kier alpha value is -1.56. The van der Waals surface area contributed by atoms with E-state index in [1.54, 1.807) is 0 Å². The maximum Gasteiger partial charge on any atom is 0.166 e. The number of hydrogen-bond donors (Lipinski definition) is 1. The van der Waals surface area contributed by atoms with Gasteiger partial charge in [-0.05, 0) is 31.4 Å². The second-order valence-corrected chi connectivity index (χ2v) is 3.04. The van der Waals surface area contributed by atoms with E-state index in [4.69, 9.17) is 5.26 Å². The maximum atomic E-state index is 10.6. The van der Waals surface area contributed by atoms with Gasteiger partial charge in [0.1, 0.15) is 0 Å². The lowest BCUT2D eigenvalue weighted by Gasteiger charge is -1.96. The highest BCUT2D eigenvalue weighted by Gasteiger charge is 2.09. The van der Waals surface area contributed by atoms with Gasteiger partial charge in [-0.3, -0.25) is 4.79 Å². The van der Waals surface area contributed by atoms with Crippen LogP contribution >= 0.6 is 0 Å². The van der Waals surface area contributed by atoms with Gasteiger partial charge in [-0.25, -0.2) is 0 Å². The predicted octanol–water partition coefficient (Wildman–Crippen LogP) is 1.90. The number of carbonyl (C=O) groups is 1. The molecule has 1 N–H and O–H groups in total. The molecule has 13 heavy (non-hydrogen) atoms. The van der Waals surface area contributed by atoms with Gasteiger partial charge in [-0.2, -0.15) is 5.26 Å². The number of nitrogens with one attached hydrogen (secondary N) is 1. The van der Waals surface area contributed by atoms with E-state index >= 15 is 0 Å². The zero-order valence-corrected chi connectivity index (χ0v) is 7.85. The highest BCUT2D eigenvalue weighted by atomic mass is 16.1. The van der Waals surface area contributed by atoms with Crippen molar-refractivity contribution in [3.05, 3.63) is 22.5 Å². The Labute approximate surface area is 77.4 Å². The van der Waals surface area contributed by atoms with Gasteiger partial charge in [0.15, 0.2) is 6.29 Å². The monoisotopic (exact) mass is 176 g/mol. The van der Waals surface area contributed by atoms with Gasteiger partial charge in [0, 0.05) is 12.1 Å². The fraction of sp³-hybridized carbons (Fsp3) is 0.400. The zero-order chi connectivity index (χ0) is 9.84. The third-order valence-electron chi connectivity index (χ3n) is 2.24. The summed E-state index contributed by atoms with van der Waals surface area (Å²) in [6, 6.07) is 2.10. The molecule has 1 heterocycles. The number of nitriles is 1. The minimum atomic E-state index is 0.498. The molecule has 3 nitrogen and oxygen atoms in total. The smallest absolute Gasteiger partial charge is 0.166 e. The number of H-pyrrole nitrogens is 1. The van der Waals surface area contributed by atoms with Crippen LogP contribution in [0.2, 0.25) is 0 Å². The molecule has 0 saturated heterocycles. The molecule has 0 radical (unpaired) electrons. The predicted molar refractivity (Wildman–Crippen MR) is 49.6 cm³/mol. The van der Waals surface area contributed by atoms with Gasteiger partial charge in [0.05, 0.1) is 11.8 Å². The number of aromatic amines is 1. The van der Waals surface area contributed by atoms with Crippen LogP contribution in [-0.2, 0) is 6.42 Å². The molecule has 0 amide bonds. The van der Waals surface area contributed by atoms with Crippen LogP contribution in [0.25, 0.3) is 0 Å². The Morgan fingerprint density at radius 2 is 2.23 bits per heavy atom. The second kappa shape index (κ2) is 3.90. The van der Waals surface area contributed by atoms with E-state index < -0.39 is 0 Å². The average molecular weight is 176 g/mol. The summed E-state index contributed by atoms with van der Waals surface area (Å²) in [5.74, 6) is 0. The molecular weight excluding hydrogens is 164 g/mol. The third kappa shape index (κ3) is 1.78. The molecule has 0 fully saturated rings. The van der Waals surface area contributed by atoms with E-state index in [1.807, 2.05) is 13.8 Å². The minimum absolute atomic E-state index is 0.498. The SMILES string of the molecule is Cc1[nH]c(C=O)c(C)c1CCC#N. The molecule has 1 aromatic heterocycles. The summed E-state index contributed by atoms with van der Waals surface area (Å²) >= 11 is 0. The zero-order valence-electron chi connectivity index (χ0n) is 7.85. The Morgan fingerprint density at radius 3 is 2.69 bits per heavy atom. The van der Waals surface area contributed by atoms with E-state index in [-0.39, 0.29) is 0 Å². The molecule has 3 heteroatoms. The molecular formula is C10H12N2O. The number of aromatic nitrogens is 1. The van der Waals surface area contributed by atoms with Crippen LogP contribution in [0, 0.1) is 25.2 Å². The Bertz CT molecular complexity index is 358. The summed E-state index contributed by atoms with van der Waals surface area (Å²) in [7, 11) is 0. The molecule has 0 aliphatic carbocycles. The first-order valence-electron chi connectivity index (χ1n) is 4.21. The number of rotatable bonds is 3. The van der Waals surface area contributed by atoms with E-state index in [9.17, 15) is 4.79 Å². The summed E-state index contributed by atoms with van der Waals surface area (Å²) in [5.41, 5.74) is 3.70. The van der Waals surface area contributed by atoms with Crippen molar-refractivity contribution in [3.8, 4) is 6.07 Å². The molecule has 68 valence electrons. The van der Waals surface area contributed by atoms with Crippen LogP contribution in [0.1, 0.15) is 33.7 Å². The summed E-state index contributed by atoms with van der Waals surface area (Å²) < 4.78 is 0. The van der Waals surface area contributed by atoms with Crippen LogP contribution in [0.3, 0.4) is 0 Å². The molecule has 0 aliphatic rings. The van der Waals surface area contributed by atoms with Crippen molar-refractivity contribution in [1.29, 1.82) is 5.26 Å². The first kappa shape index (κ1) is 9.53. The number of hydrogen-bond acceptors (Lipinski definition) is 2. The van der Waals surface area contributed by atoms with Gasteiger partial charge in [0.2, 0.25) is 0 Å². The summed E-state index contributed by atoms with van der Waals surface area (Å²) in [4.78, 5) is 13.6. The largest absolute Gasteiger partial charge is 0.356 e. The van der Waals surface area contributed by atoms with E-state index in [1.165, 1.54) is 0 Å². The van der Waals surface area contributed by atoms with Crippen molar-refractivity contribution in [2.75, 3.05) is 0 Å². The maximum absolute atomic E-state index is 10.6. The molecule has 0 atom stereocenters. The van der Waals surface area contributed by atoms with Crippen molar-refractivity contribution < 1.29 is 4.79 Å². The van der Waals surface area contributed by atoms with Crippen LogP contribution in [0.4, 0.5) is 0 Å². The van der Waals surface area contributed by atoms with Crippen molar-refractivity contribution in [2.24, 2.45) is 0 Å². The summed E-state index contributed by atoms with van der Waals surface area (Å²) in [6.45, 7) is 3.83. The lowest BCUT2D eigenvalue weighted by atomic mass is 10.1. The molecule has 0 saturated carbocycles. The number of aryl methyl sites for hydroxylation is 1. The van der Waals surface area contributed by atoms with E-state index in [0.29, 0.717) is 12.1 Å². The normalized spacial score (nSPS) is 9.62. The van der Waals surface area contributed by atoms with E-state index in [2.05, 4.69) is 11.1 Å². The Balaban J connectivity index is 3.00. The summed E-state index contributed by atoms with van der Waals surface area (Å²) in [6.07, 6.45) is 2.04. The van der Waals surface area contributed by atoms with Crippen LogP contribution < -0.4 is 0 Å². The topological polar surface area (TPSA) is 56.6 Å². The van der Waals surface area contributed by atoms with Gasteiger partial charge >= 0.3 is 0 Å². The molecule has 0 bridgehead atoms. The number of carbonyl (C=O) groups excluding carboxylic acids is 1. The van der Waals surface area contributed by atoms with Gasteiger partial charge in [-0.15, -0.1) is 0 Å². The first-order chi connectivity index (χ1) is 6.20. The molecule has 1 rings (SSSR count). The molecule has 0 aromatic carbocycles. The molecule has 0 spiro atoms. The van der Waals surface area contributed by atoms with Crippen molar-refractivity contribution in [2.45, 2.75) is 26.7 Å². The van der Waals surface area contributed by atoms with E-state index in [0.717, 1.165) is 29.5 Å². The molecule has 1 aromatic rings. The standard InChI is InChI=1S/C10H12N2O/c1-7-9(4-3-5-11)8(2)12-10(7)6-13/h6,12H,3-4H2,1-2H3. The van der Waals surface area contributed by atoms with Crippen molar-refractivity contribution >= 4 is 6.29 Å². The van der Waals surface area contributed by atoms with Crippen molar-refractivity contribution in [3.63, 3.8) is 0 Å². The van der Waals surface area contributed by atoms with Gasteiger partial charge in [-0.1, -0.05) is 0 Å². The van der Waals surface area contributed by atoms with Gasteiger partial charge in [0.25, 0.3) is 0 Å². The highest BCUT2D eigenvalue weighted by molar-refractivity contribution is 5.75. The molecule has 0 aliphatic heterocycles. The quantitative estimate of drug-likeness (QED) is 0.715. The first-order valence-corrected chi connectivity index (χ1v) is 4.21. The Morgan fingerprint density at radius 1 is 1.54 bits per heavy atom. The summed E-state index contributed by atoms with van der Waals surface area (Å²) in [5, 5.41) is 8.44. The highest BCUT2D eigenvalue weighted by Crippen LogP contribution is 2.17. The molecule has 0 unspecified atom stereocenters. The fourth-order valence-electron chi connectivity index (χ4n) is 1.49. The van der Waals surface area contributed by atoms with Crippen molar-refractivity contribution in [1.82, 2.24) is 4.98 Å². The van der Waals surface area contributed by atoms with Crippen LogP contribution in [0.15, 0.2) is 0 Å². The lowest BCUT2D eigenvalue weighted by Crippen LogP contribution is -1.88.